The standard InChI is InChI=1S/C6H11ClO/c1-5-6(7)3-2-4-8-5/h5-6H,2-4H2,1H3/t5-,6-/m1/s1. The lowest BCUT2D eigenvalue weighted by Crippen LogP contribution is -2.26. The fourth-order valence-electron chi connectivity index (χ4n) is 0.887. The molecule has 0 bridgehead atoms. The highest BCUT2D eigenvalue weighted by molar-refractivity contribution is 6.21. The van der Waals surface area contributed by atoms with Gasteiger partial charge >= 0.3 is 0 Å². The van der Waals surface area contributed by atoms with Crippen molar-refractivity contribution >= 4 is 11.6 Å². The zero-order valence-corrected chi connectivity index (χ0v) is 5.82. The quantitative estimate of drug-likeness (QED) is 0.459. The maximum absolute atomic E-state index is 5.84. The molecule has 1 aliphatic rings. The monoisotopic (exact) mass is 134 g/mol. The van der Waals surface area contributed by atoms with Gasteiger partial charge in [-0.1, -0.05) is 0 Å². The van der Waals surface area contributed by atoms with Gasteiger partial charge in [0.15, 0.2) is 0 Å². The van der Waals surface area contributed by atoms with E-state index in [9.17, 15) is 0 Å². The second-order valence-corrected chi connectivity index (χ2v) is 2.79. The van der Waals surface area contributed by atoms with Crippen molar-refractivity contribution in [2.75, 3.05) is 6.61 Å². The lowest BCUT2D eigenvalue weighted by atomic mass is 10.1. The number of ether oxygens (including phenoxy) is 1. The number of hydrogen-bond donors (Lipinski definition) is 0. The van der Waals surface area contributed by atoms with E-state index in [4.69, 9.17) is 16.3 Å². The minimum Gasteiger partial charge on any atom is -0.377 e. The van der Waals surface area contributed by atoms with E-state index >= 15 is 0 Å². The number of alkyl halides is 1. The molecule has 2 atom stereocenters. The van der Waals surface area contributed by atoms with E-state index in [1.54, 1.807) is 0 Å². The molecular formula is C6H11ClO. The third-order valence-corrected chi connectivity index (χ3v) is 2.09. The summed E-state index contributed by atoms with van der Waals surface area (Å²) in [5.41, 5.74) is 0. The topological polar surface area (TPSA) is 9.23 Å². The van der Waals surface area contributed by atoms with Gasteiger partial charge in [0.05, 0.1) is 11.5 Å². The Hall–Kier alpha value is 0.250. The van der Waals surface area contributed by atoms with E-state index < -0.39 is 0 Å². The third-order valence-electron chi connectivity index (χ3n) is 1.51. The van der Waals surface area contributed by atoms with Gasteiger partial charge in [0.1, 0.15) is 0 Å². The van der Waals surface area contributed by atoms with Crippen LogP contribution in [0.2, 0.25) is 0 Å². The number of halogens is 1. The molecule has 8 heavy (non-hydrogen) atoms. The summed E-state index contributed by atoms with van der Waals surface area (Å²) in [6.45, 7) is 2.92. The van der Waals surface area contributed by atoms with E-state index in [2.05, 4.69) is 0 Å². The van der Waals surface area contributed by atoms with Crippen molar-refractivity contribution < 1.29 is 4.74 Å². The Balaban J connectivity index is 2.28. The van der Waals surface area contributed by atoms with Gasteiger partial charge < -0.3 is 4.74 Å². The first-order valence-corrected chi connectivity index (χ1v) is 3.50. The normalized spacial score (nSPS) is 39.8. The Morgan fingerprint density at radius 2 is 2.38 bits per heavy atom. The van der Waals surface area contributed by atoms with E-state index in [0.29, 0.717) is 0 Å². The number of rotatable bonds is 0. The molecule has 1 nitrogen and oxygen atoms in total. The Morgan fingerprint density at radius 1 is 1.62 bits per heavy atom. The van der Waals surface area contributed by atoms with Crippen molar-refractivity contribution in [1.82, 2.24) is 0 Å². The van der Waals surface area contributed by atoms with Crippen molar-refractivity contribution in [3.63, 3.8) is 0 Å². The average molecular weight is 135 g/mol. The maximum atomic E-state index is 5.84. The summed E-state index contributed by atoms with van der Waals surface area (Å²) in [5.74, 6) is 0. The predicted octanol–water partition coefficient (Wildman–Crippen LogP) is 1.79. The first-order valence-electron chi connectivity index (χ1n) is 3.06. The summed E-state index contributed by atoms with van der Waals surface area (Å²) in [4.78, 5) is 0. The lowest BCUT2D eigenvalue weighted by Gasteiger charge is -2.23. The van der Waals surface area contributed by atoms with Crippen LogP contribution in [0.25, 0.3) is 0 Å². The fourth-order valence-corrected chi connectivity index (χ4v) is 1.11. The highest BCUT2D eigenvalue weighted by Crippen LogP contribution is 2.18. The summed E-state index contributed by atoms with van der Waals surface area (Å²) in [6, 6.07) is 0. The smallest absolute Gasteiger partial charge is 0.0710 e. The minimum atomic E-state index is 0.253. The van der Waals surface area contributed by atoms with Crippen LogP contribution in [0, 0.1) is 0 Å². The summed E-state index contributed by atoms with van der Waals surface area (Å²) in [7, 11) is 0. The van der Waals surface area contributed by atoms with E-state index in [-0.39, 0.29) is 11.5 Å². The molecule has 1 fully saturated rings. The first kappa shape index (κ1) is 6.37. The largest absolute Gasteiger partial charge is 0.377 e. The van der Waals surface area contributed by atoms with Crippen LogP contribution in [-0.4, -0.2) is 18.1 Å². The SMILES string of the molecule is C[C@H]1OCCC[C@H]1Cl. The zero-order chi connectivity index (χ0) is 5.98. The first-order chi connectivity index (χ1) is 3.80. The molecule has 0 aliphatic carbocycles. The maximum Gasteiger partial charge on any atom is 0.0710 e. The Bertz CT molecular complexity index is 64.9. The third kappa shape index (κ3) is 1.36. The zero-order valence-electron chi connectivity index (χ0n) is 5.06. The van der Waals surface area contributed by atoms with Crippen LogP contribution in [0.4, 0.5) is 0 Å². The molecule has 0 aromatic rings. The summed E-state index contributed by atoms with van der Waals surface area (Å²) >= 11 is 5.84. The number of hydrogen-bond acceptors (Lipinski definition) is 1. The van der Waals surface area contributed by atoms with Crippen LogP contribution < -0.4 is 0 Å². The van der Waals surface area contributed by atoms with Crippen LogP contribution in [0.5, 0.6) is 0 Å². The van der Waals surface area contributed by atoms with E-state index in [1.165, 1.54) is 0 Å². The lowest BCUT2D eigenvalue weighted by molar-refractivity contribution is 0.0318. The van der Waals surface area contributed by atoms with Gasteiger partial charge in [-0.05, 0) is 19.8 Å². The van der Waals surface area contributed by atoms with Gasteiger partial charge in [0.25, 0.3) is 0 Å². The van der Waals surface area contributed by atoms with Crippen LogP contribution >= 0.6 is 11.6 Å². The molecule has 0 spiro atoms. The van der Waals surface area contributed by atoms with Crippen molar-refractivity contribution in [2.45, 2.75) is 31.2 Å². The van der Waals surface area contributed by atoms with Gasteiger partial charge in [-0.25, -0.2) is 0 Å². The molecule has 1 saturated heterocycles. The van der Waals surface area contributed by atoms with Crippen LogP contribution in [0.1, 0.15) is 19.8 Å². The van der Waals surface area contributed by atoms with Gasteiger partial charge in [-0.3, -0.25) is 0 Å². The van der Waals surface area contributed by atoms with Crippen molar-refractivity contribution in [1.29, 1.82) is 0 Å². The predicted molar refractivity (Wildman–Crippen MR) is 34.3 cm³/mol. The molecule has 0 amide bonds. The average Bonchev–Trinajstić information content (AvgIpc) is 1.77. The second kappa shape index (κ2) is 2.70. The molecule has 0 unspecified atom stereocenters. The Kier molecular flexibility index (Phi) is 2.15. The molecule has 1 aliphatic heterocycles. The molecule has 1 heterocycles. The molecular weight excluding hydrogens is 124 g/mol. The van der Waals surface area contributed by atoms with Crippen molar-refractivity contribution in [3.05, 3.63) is 0 Å². The highest BCUT2D eigenvalue weighted by atomic mass is 35.5. The van der Waals surface area contributed by atoms with E-state index in [0.717, 1.165) is 19.4 Å². The highest BCUT2D eigenvalue weighted by Gasteiger charge is 2.18. The van der Waals surface area contributed by atoms with Crippen molar-refractivity contribution in [3.8, 4) is 0 Å². The fraction of sp³-hybridized carbons (Fsp3) is 1.00. The molecule has 1 rings (SSSR count). The molecule has 2 heteroatoms. The molecule has 0 saturated carbocycles. The van der Waals surface area contributed by atoms with Crippen LogP contribution in [0.15, 0.2) is 0 Å². The molecule has 0 N–H and O–H groups in total. The summed E-state index contributed by atoms with van der Waals surface area (Å²) in [6.07, 6.45) is 2.51. The van der Waals surface area contributed by atoms with Gasteiger partial charge in [-0.2, -0.15) is 0 Å². The minimum absolute atomic E-state index is 0.253. The van der Waals surface area contributed by atoms with Crippen LogP contribution in [-0.2, 0) is 4.74 Å². The van der Waals surface area contributed by atoms with E-state index in [1.807, 2.05) is 6.92 Å². The summed E-state index contributed by atoms with van der Waals surface area (Å²) in [5, 5.41) is 0.253. The molecule has 48 valence electrons. The van der Waals surface area contributed by atoms with Gasteiger partial charge in [0, 0.05) is 6.61 Å². The van der Waals surface area contributed by atoms with Gasteiger partial charge in [0.2, 0.25) is 0 Å². The molecule has 0 aromatic heterocycles. The summed E-state index contributed by atoms with van der Waals surface area (Å²) < 4.78 is 5.26. The van der Waals surface area contributed by atoms with Crippen molar-refractivity contribution in [2.24, 2.45) is 0 Å². The van der Waals surface area contributed by atoms with Crippen LogP contribution in [0.3, 0.4) is 0 Å². The molecule has 0 radical (unpaired) electrons. The second-order valence-electron chi connectivity index (χ2n) is 2.23. The Labute approximate surface area is 55.0 Å². The Morgan fingerprint density at radius 3 is 2.75 bits per heavy atom. The van der Waals surface area contributed by atoms with Gasteiger partial charge in [-0.15, -0.1) is 11.6 Å². The molecule has 0 aromatic carbocycles.